The van der Waals surface area contributed by atoms with Gasteiger partial charge in [-0.05, 0) is 36.8 Å². The number of halogens is 2. The lowest BCUT2D eigenvalue weighted by Crippen LogP contribution is -2.35. The van der Waals surface area contributed by atoms with Gasteiger partial charge in [-0.2, -0.15) is 0 Å². The second-order valence-electron chi connectivity index (χ2n) is 5.65. The number of rotatable bonds is 7. The average molecular weight is 399 g/mol. The van der Waals surface area contributed by atoms with E-state index in [1.54, 1.807) is 43.5 Å². The molecule has 0 saturated heterocycles. The van der Waals surface area contributed by atoms with Crippen LogP contribution in [0.15, 0.2) is 36.5 Å². The maximum atomic E-state index is 11.5. The minimum absolute atomic E-state index is 0.0724. The Morgan fingerprint density at radius 1 is 1.31 bits per heavy atom. The zero-order valence-corrected chi connectivity index (χ0v) is 15.9. The monoisotopic (exact) mass is 398 g/mol. The third kappa shape index (κ3) is 4.58. The van der Waals surface area contributed by atoms with Gasteiger partial charge in [0, 0.05) is 30.8 Å². The summed E-state index contributed by atoms with van der Waals surface area (Å²) in [6, 6.07) is 8.35. The molecule has 140 valence electrons. The summed E-state index contributed by atoms with van der Waals surface area (Å²) < 4.78 is 5.23. The highest BCUT2D eigenvalue weighted by Gasteiger charge is 2.29. The summed E-state index contributed by atoms with van der Waals surface area (Å²) in [5, 5.41) is 21.1. The molecule has 26 heavy (non-hydrogen) atoms. The van der Waals surface area contributed by atoms with Crippen molar-refractivity contribution in [1.82, 2.24) is 9.88 Å². The molecule has 0 saturated carbocycles. The summed E-state index contributed by atoms with van der Waals surface area (Å²) in [5.41, 5.74) is 1.13. The van der Waals surface area contributed by atoms with Crippen LogP contribution in [0.2, 0.25) is 10.0 Å². The minimum Gasteiger partial charge on any atom is -0.481 e. The fourth-order valence-electron chi connectivity index (χ4n) is 2.73. The number of aromatic nitrogens is 1. The fourth-order valence-corrected chi connectivity index (χ4v) is 3.03. The number of amides is 1. The summed E-state index contributed by atoms with van der Waals surface area (Å²) in [6.07, 6.45) is -0.564. The molecular weight excluding hydrogens is 379 g/mol. The number of benzene rings is 1. The first-order valence-corrected chi connectivity index (χ1v) is 8.74. The van der Waals surface area contributed by atoms with Crippen molar-refractivity contribution in [2.45, 2.75) is 18.9 Å². The van der Waals surface area contributed by atoms with Crippen LogP contribution in [0.1, 0.15) is 30.1 Å². The number of aliphatic hydroxyl groups is 1. The van der Waals surface area contributed by atoms with Gasteiger partial charge in [0.2, 0.25) is 5.88 Å². The number of aliphatic hydroxyl groups excluding tert-OH is 1. The van der Waals surface area contributed by atoms with E-state index in [9.17, 15) is 15.0 Å². The SMILES string of the molecule is CCN(CC(c1ccc(Cl)c(Cl)c1)C(O)c1cccnc1OC)C(=O)O. The summed E-state index contributed by atoms with van der Waals surface area (Å²) in [7, 11) is 1.46. The maximum Gasteiger partial charge on any atom is 0.407 e. The second kappa shape index (κ2) is 9.07. The number of likely N-dealkylation sites (N-methyl/N-ethyl adjacent to an activating group) is 1. The molecule has 1 aromatic heterocycles. The molecule has 0 fully saturated rings. The van der Waals surface area contributed by atoms with Crippen molar-refractivity contribution in [3.05, 3.63) is 57.7 Å². The normalized spacial score (nSPS) is 13.1. The van der Waals surface area contributed by atoms with Gasteiger partial charge >= 0.3 is 6.09 Å². The summed E-state index contributed by atoms with van der Waals surface area (Å²) in [5.74, 6) is -0.303. The molecule has 1 aromatic carbocycles. The number of carbonyl (C=O) groups is 1. The van der Waals surface area contributed by atoms with Crippen LogP contribution in [-0.2, 0) is 0 Å². The highest BCUT2D eigenvalue weighted by molar-refractivity contribution is 6.42. The van der Waals surface area contributed by atoms with Crippen molar-refractivity contribution in [1.29, 1.82) is 0 Å². The molecule has 1 heterocycles. The van der Waals surface area contributed by atoms with Gasteiger partial charge in [0.25, 0.3) is 0 Å². The smallest absolute Gasteiger partial charge is 0.407 e. The van der Waals surface area contributed by atoms with Crippen LogP contribution in [0, 0.1) is 0 Å². The van der Waals surface area contributed by atoms with Gasteiger partial charge in [0.15, 0.2) is 0 Å². The Morgan fingerprint density at radius 3 is 2.62 bits per heavy atom. The first-order valence-electron chi connectivity index (χ1n) is 7.98. The first kappa shape index (κ1) is 20.3. The van der Waals surface area contributed by atoms with Crippen LogP contribution >= 0.6 is 23.2 Å². The largest absolute Gasteiger partial charge is 0.481 e. The van der Waals surface area contributed by atoms with Gasteiger partial charge < -0.3 is 19.8 Å². The van der Waals surface area contributed by atoms with E-state index in [1.165, 1.54) is 12.0 Å². The third-order valence-corrected chi connectivity index (χ3v) is 4.87. The second-order valence-corrected chi connectivity index (χ2v) is 6.46. The van der Waals surface area contributed by atoms with Crippen LogP contribution in [0.4, 0.5) is 4.79 Å². The molecule has 0 spiro atoms. The van der Waals surface area contributed by atoms with Crippen molar-refractivity contribution in [3.8, 4) is 5.88 Å². The van der Waals surface area contributed by atoms with E-state index in [0.717, 1.165) is 0 Å². The molecule has 0 aliphatic heterocycles. The predicted molar refractivity (Wildman–Crippen MR) is 100 cm³/mol. The standard InChI is InChI=1S/C18H20Cl2N2O4/c1-3-22(18(24)25)10-13(11-6-7-14(19)15(20)9-11)16(23)12-5-4-8-21-17(12)26-2/h4-9,13,16,23H,3,10H2,1-2H3,(H,24,25). The number of nitrogens with zero attached hydrogens (tertiary/aromatic N) is 2. The average Bonchev–Trinajstić information content (AvgIpc) is 2.64. The molecule has 1 amide bonds. The molecule has 0 radical (unpaired) electrons. The van der Waals surface area contributed by atoms with Crippen molar-refractivity contribution in [3.63, 3.8) is 0 Å². The first-order chi connectivity index (χ1) is 12.4. The quantitative estimate of drug-likeness (QED) is 0.729. The zero-order chi connectivity index (χ0) is 19.3. The topological polar surface area (TPSA) is 82.9 Å². The fraction of sp³-hybridized carbons (Fsp3) is 0.333. The van der Waals surface area contributed by atoms with E-state index in [2.05, 4.69) is 4.98 Å². The number of carboxylic acid groups (broad SMARTS) is 1. The van der Waals surface area contributed by atoms with Gasteiger partial charge in [-0.3, -0.25) is 0 Å². The number of ether oxygens (including phenoxy) is 1. The lowest BCUT2D eigenvalue weighted by molar-refractivity contribution is 0.105. The van der Waals surface area contributed by atoms with Gasteiger partial charge in [-0.1, -0.05) is 29.3 Å². The lowest BCUT2D eigenvalue weighted by Gasteiger charge is -2.29. The van der Waals surface area contributed by atoms with Crippen molar-refractivity contribution < 1.29 is 19.7 Å². The molecule has 0 bridgehead atoms. The van der Waals surface area contributed by atoms with Crippen LogP contribution < -0.4 is 4.74 Å². The molecule has 0 aliphatic carbocycles. The van der Waals surface area contributed by atoms with Crippen LogP contribution in [-0.4, -0.2) is 46.4 Å². The molecule has 2 rings (SSSR count). The van der Waals surface area contributed by atoms with Crippen molar-refractivity contribution >= 4 is 29.3 Å². The number of pyridine rings is 1. The van der Waals surface area contributed by atoms with Crippen molar-refractivity contribution in [2.24, 2.45) is 0 Å². The van der Waals surface area contributed by atoms with E-state index in [1.807, 2.05) is 0 Å². The molecule has 2 unspecified atom stereocenters. The summed E-state index contributed by atoms with van der Waals surface area (Å²) >= 11 is 12.1. The maximum absolute atomic E-state index is 11.5. The zero-order valence-electron chi connectivity index (χ0n) is 14.4. The summed E-state index contributed by atoms with van der Waals surface area (Å²) in [4.78, 5) is 16.8. The summed E-state index contributed by atoms with van der Waals surface area (Å²) in [6.45, 7) is 2.09. The Kier molecular flexibility index (Phi) is 7.08. The Hall–Kier alpha value is -2.02. The van der Waals surface area contributed by atoms with E-state index in [-0.39, 0.29) is 19.0 Å². The van der Waals surface area contributed by atoms with E-state index in [4.69, 9.17) is 27.9 Å². The Morgan fingerprint density at radius 2 is 2.04 bits per heavy atom. The van der Waals surface area contributed by atoms with Gasteiger partial charge in [0.05, 0.1) is 23.3 Å². The lowest BCUT2D eigenvalue weighted by atomic mass is 9.89. The van der Waals surface area contributed by atoms with E-state index in [0.29, 0.717) is 21.2 Å². The van der Waals surface area contributed by atoms with Gasteiger partial charge in [-0.25, -0.2) is 9.78 Å². The molecule has 0 aliphatic rings. The van der Waals surface area contributed by atoms with Crippen LogP contribution in [0.3, 0.4) is 0 Å². The van der Waals surface area contributed by atoms with E-state index >= 15 is 0 Å². The Labute approximate surface area is 161 Å². The van der Waals surface area contributed by atoms with Gasteiger partial charge in [0.1, 0.15) is 0 Å². The van der Waals surface area contributed by atoms with Crippen LogP contribution in [0.5, 0.6) is 5.88 Å². The molecule has 2 N–H and O–H groups in total. The minimum atomic E-state index is -1.07. The van der Waals surface area contributed by atoms with Gasteiger partial charge in [-0.15, -0.1) is 0 Å². The number of methoxy groups -OCH3 is 1. The number of hydrogen-bond donors (Lipinski definition) is 2. The molecule has 8 heteroatoms. The molecule has 2 aromatic rings. The highest BCUT2D eigenvalue weighted by atomic mass is 35.5. The third-order valence-electron chi connectivity index (χ3n) is 4.13. The molecule has 2 atom stereocenters. The van der Waals surface area contributed by atoms with Crippen molar-refractivity contribution in [2.75, 3.05) is 20.2 Å². The Balaban J connectivity index is 2.48. The Bertz CT molecular complexity index is 773. The molecular formula is C18H20Cl2N2O4. The van der Waals surface area contributed by atoms with E-state index < -0.39 is 18.1 Å². The van der Waals surface area contributed by atoms with Crippen LogP contribution in [0.25, 0.3) is 0 Å². The molecule has 6 nitrogen and oxygen atoms in total. The number of hydrogen-bond acceptors (Lipinski definition) is 4. The predicted octanol–water partition coefficient (Wildman–Crippen LogP) is 4.21. The highest BCUT2D eigenvalue weighted by Crippen LogP contribution is 2.37.